The molecule has 0 unspecified atom stereocenters. The van der Waals surface area contributed by atoms with Crippen LogP contribution in [0.5, 0.6) is 5.75 Å². The molecule has 0 aliphatic rings. The molecule has 3 aromatic rings. The Kier molecular flexibility index (Phi) is 5.99. The average molecular weight is 380 g/mol. The first-order valence-electron chi connectivity index (χ1n) is 9.17. The van der Waals surface area contributed by atoms with Crippen LogP contribution < -0.4 is 15.4 Å². The van der Waals surface area contributed by atoms with Gasteiger partial charge in [-0.1, -0.05) is 26.0 Å². The zero-order valence-electron chi connectivity index (χ0n) is 16.2. The molecule has 6 nitrogen and oxygen atoms in total. The molecule has 0 bridgehead atoms. The first kappa shape index (κ1) is 19.5. The SMILES string of the molecule is COc1ccc2c(CC(=O)NCc3ccc(NC(=O)C(C)C)cc3)coc2c1. The van der Waals surface area contributed by atoms with Gasteiger partial charge in [-0.3, -0.25) is 9.59 Å². The number of carbonyl (C=O) groups is 2. The minimum atomic E-state index is -0.0873. The molecule has 146 valence electrons. The van der Waals surface area contributed by atoms with Crippen LogP contribution in [0.25, 0.3) is 11.0 Å². The van der Waals surface area contributed by atoms with Gasteiger partial charge in [0, 0.05) is 35.2 Å². The summed E-state index contributed by atoms with van der Waals surface area (Å²) >= 11 is 0. The predicted octanol–water partition coefficient (Wildman–Crippen LogP) is 3.89. The Hall–Kier alpha value is -3.28. The molecule has 1 heterocycles. The zero-order valence-corrected chi connectivity index (χ0v) is 16.2. The van der Waals surface area contributed by atoms with Gasteiger partial charge in [-0.15, -0.1) is 0 Å². The van der Waals surface area contributed by atoms with E-state index in [0.717, 1.165) is 22.2 Å². The van der Waals surface area contributed by atoms with E-state index in [9.17, 15) is 9.59 Å². The van der Waals surface area contributed by atoms with E-state index in [1.165, 1.54) is 0 Å². The summed E-state index contributed by atoms with van der Waals surface area (Å²) in [6, 6.07) is 13.0. The molecule has 2 amide bonds. The number of nitrogens with one attached hydrogen (secondary N) is 2. The van der Waals surface area contributed by atoms with E-state index in [4.69, 9.17) is 9.15 Å². The molecule has 0 spiro atoms. The lowest BCUT2D eigenvalue weighted by molar-refractivity contribution is -0.120. The van der Waals surface area contributed by atoms with Gasteiger partial charge in [0.2, 0.25) is 11.8 Å². The number of ether oxygens (including phenoxy) is 1. The highest BCUT2D eigenvalue weighted by Crippen LogP contribution is 2.25. The van der Waals surface area contributed by atoms with Crippen LogP contribution in [0.15, 0.2) is 53.1 Å². The third kappa shape index (κ3) is 4.71. The van der Waals surface area contributed by atoms with Gasteiger partial charge >= 0.3 is 0 Å². The number of benzene rings is 2. The number of hydrogen-bond acceptors (Lipinski definition) is 4. The molecule has 3 rings (SSSR count). The second-order valence-corrected chi connectivity index (χ2v) is 6.92. The van der Waals surface area contributed by atoms with Crippen molar-refractivity contribution in [3.8, 4) is 5.75 Å². The molecule has 2 aromatic carbocycles. The molecule has 0 radical (unpaired) electrons. The third-order valence-electron chi connectivity index (χ3n) is 4.45. The van der Waals surface area contributed by atoms with Crippen molar-refractivity contribution in [2.75, 3.05) is 12.4 Å². The van der Waals surface area contributed by atoms with Crippen LogP contribution in [0.1, 0.15) is 25.0 Å². The maximum Gasteiger partial charge on any atom is 0.226 e. The van der Waals surface area contributed by atoms with Crippen molar-refractivity contribution in [3.05, 3.63) is 59.9 Å². The van der Waals surface area contributed by atoms with E-state index in [-0.39, 0.29) is 24.2 Å². The molecule has 0 aliphatic carbocycles. The quantitative estimate of drug-likeness (QED) is 0.652. The topological polar surface area (TPSA) is 80.6 Å². The summed E-state index contributed by atoms with van der Waals surface area (Å²) < 4.78 is 10.7. The number of methoxy groups -OCH3 is 1. The minimum absolute atomic E-state index is 0.0222. The van der Waals surface area contributed by atoms with Crippen molar-refractivity contribution >= 4 is 28.5 Å². The van der Waals surface area contributed by atoms with Crippen LogP contribution in [-0.4, -0.2) is 18.9 Å². The van der Waals surface area contributed by atoms with Crippen molar-refractivity contribution < 1.29 is 18.7 Å². The Bertz CT molecular complexity index is 974. The van der Waals surface area contributed by atoms with Gasteiger partial charge in [-0.05, 0) is 29.8 Å². The maximum absolute atomic E-state index is 12.3. The van der Waals surface area contributed by atoms with Crippen molar-refractivity contribution in [1.29, 1.82) is 0 Å². The summed E-state index contributed by atoms with van der Waals surface area (Å²) in [6.07, 6.45) is 1.84. The Morgan fingerprint density at radius 2 is 1.86 bits per heavy atom. The van der Waals surface area contributed by atoms with Crippen molar-refractivity contribution in [2.24, 2.45) is 5.92 Å². The molecule has 0 saturated heterocycles. The number of amides is 2. The highest BCUT2D eigenvalue weighted by Gasteiger charge is 2.11. The average Bonchev–Trinajstić information content (AvgIpc) is 3.09. The minimum Gasteiger partial charge on any atom is -0.497 e. The highest BCUT2D eigenvalue weighted by atomic mass is 16.5. The van der Waals surface area contributed by atoms with Gasteiger partial charge in [0.25, 0.3) is 0 Å². The van der Waals surface area contributed by atoms with Crippen LogP contribution in [0.2, 0.25) is 0 Å². The van der Waals surface area contributed by atoms with Gasteiger partial charge in [-0.2, -0.15) is 0 Å². The van der Waals surface area contributed by atoms with Gasteiger partial charge in [0.05, 0.1) is 19.8 Å². The van der Waals surface area contributed by atoms with Gasteiger partial charge in [0.1, 0.15) is 11.3 Å². The van der Waals surface area contributed by atoms with Crippen LogP contribution in [-0.2, 0) is 22.6 Å². The van der Waals surface area contributed by atoms with E-state index in [0.29, 0.717) is 17.9 Å². The lowest BCUT2D eigenvalue weighted by atomic mass is 10.1. The lowest BCUT2D eigenvalue weighted by Gasteiger charge is -2.09. The smallest absolute Gasteiger partial charge is 0.226 e. The van der Waals surface area contributed by atoms with Crippen LogP contribution in [0.3, 0.4) is 0 Å². The molecule has 1 aromatic heterocycles. The monoisotopic (exact) mass is 380 g/mol. The summed E-state index contributed by atoms with van der Waals surface area (Å²) in [5.41, 5.74) is 3.23. The fraction of sp³-hybridized carbons (Fsp3) is 0.273. The first-order valence-corrected chi connectivity index (χ1v) is 9.17. The molecule has 0 fully saturated rings. The lowest BCUT2D eigenvalue weighted by Crippen LogP contribution is -2.24. The van der Waals surface area contributed by atoms with Crippen LogP contribution in [0.4, 0.5) is 5.69 Å². The largest absolute Gasteiger partial charge is 0.497 e. The summed E-state index contributed by atoms with van der Waals surface area (Å²) in [5.74, 6) is 0.534. The molecule has 0 aliphatic heterocycles. The molecule has 2 N–H and O–H groups in total. The maximum atomic E-state index is 12.3. The Morgan fingerprint density at radius 1 is 1.11 bits per heavy atom. The second-order valence-electron chi connectivity index (χ2n) is 6.92. The van der Waals surface area contributed by atoms with Gasteiger partial charge < -0.3 is 19.8 Å². The third-order valence-corrected chi connectivity index (χ3v) is 4.45. The Morgan fingerprint density at radius 3 is 2.54 bits per heavy atom. The van der Waals surface area contributed by atoms with Gasteiger partial charge in [0.15, 0.2) is 0 Å². The predicted molar refractivity (Wildman–Crippen MR) is 108 cm³/mol. The fourth-order valence-electron chi connectivity index (χ4n) is 2.76. The summed E-state index contributed by atoms with van der Waals surface area (Å²) in [5, 5.41) is 6.66. The number of fused-ring (bicyclic) bond motifs is 1. The van der Waals surface area contributed by atoms with Crippen molar-refractivity contribution in [3.63, 3.8) is 0 Å². The number of anilines is 1. The standard InChI is InChI=1S/C22H24N2O4/c1-14(2)22(26)24-17-6-4-15(5-7-17)12-23-21(25)10-16-13-28-20-11-18(27-3)8-9-19(16)20/h4-9,11,13-14H,10,12H2,1-3H3,(H,23,25)(H,24,26). The highest BCUT2D eigenvalue weighted by molar-refractivity contribution is 5.92. The Balaban J connectivity index is 1.55. The number of carbonyl (C=O) groups excluding carboxylic acids is 2. The summed E-state index contributed by atoms with van der Waals surface area (Å²) in [4.78, 5) is 24.0. The summed E-state index contributed by atoms with van der Waals surface area (Å²) in [7, 11) is 1.60. The van der Waals surface area contributed by atoms with Gasteiger partial charge in [-0.25, -0.2) is 0 Å². The normalized spacial score (nSPS) is 10.9. The van der Waals surface area contributed by atoms with E-state index in [2.05, 4.69) is 10.6 Å². The molecule has 28 heavy (non-hydrogen) atoms. The van der Waals surface area contributed by atoms with E-state index >= 15 is 0 Å². The second kappa shape index (κ2) is 8.61. The van der Waals surface area contributed by atoms with Crippen molar-refractivity contribution in [1.82, 2.24) is 5.32 Å². The van der Waals surface area contributed by atoms with E-state index < -0.39 is 0 Å². The Labute approximate surface area is 163 Å². The molecule has 0 atom stereocenters. The zero-order chi connectivity index (χ0) is 20.1. The van der Waals surface area contributed by atoms with Crippen LogP contribution in [0, 0.1) is 5.92 Å². The summed E-state index contributed by atoms with van der Waals surface area (Å²) in [6.45, 7) is 4.11. The fourth-order valence-corrected chi connectivity index (χ4v) is 2.76. The molecular weight excluding hydrogens is 356 g/mol. The molecular formula is C22H24N2O4. The van der Waals surface area contributed by atoms with Crippen molar-refractivity contribution in [2.45, 2.75) is 26.8 Å². The number of rotatable bonds is 7. The van der Waals surface area contributed by atoms with Crippen LogP contribution >= 0.6 is 0 Å². The number of furan rings is 1. The number of hydrogen-bond donors (Lipinski definition) is 2. The molecule has 6 heteroatoms. The van der Waals surface area contributed by atoms with E-state index in [1.807, 2.05) is 50.2 Å². The van der Waals surface area contributed by atoms with E-state index in [1.54, 1.807) is 19.4 Å². The first-order chi connectivity index (χ1) is 13.5. The molecule has 0 saturated carbocycles.